The number of hydrogen-bond donors (Lipinski definition) is 1. The number of anilines is 1. The molecule has 6 heteroatoms. The van der Waals surface area contributed by atoms with Gasteiger partial charge in [0.1, 0.15) is 5.75 Å². The maximum absolute atomic E-state index is 12.7. The van der Waals surface area contributed by atoms with Gasteiger partial charge in [0.25, 0.3) is 5.91 Å². The molecule has 1 aliphatic heterocycles. The number of amides is 1. The van der Waals surface area contributed by atoms with Crippen molar-refractivity contribution in [2.75, 3.05) is 11.9 Å². The SMILES string of the molecule is CCOc1ccc(C(=O)Nc2cccc(B3OC(C)(C)C(C)(C)O3)c2C)cc1. The Morgan fingerprint density at radius 3 is 2.21 bits per heavy atom. The second-order valence-corrected chi connectivity index (χ2v) is 8.02. The number of hydrogen-bond acceptors (Lipinski definition) is 4. The molecule has 2 aromatic carbocycles. The van der Waals surface area contributed by atoms with E-state index in [2.05, 4.69) is 5.32 Å². The minimum atomic E-state index is -0.465. The molecule has 0 radical (unpaired) electrons. The average molecular weight is 381 g/mol. The van der Waals surface area contributed by atoms with E-state index in [0.29, 0.717) is 12.2 Å². The van der Waals surface area contributed by atoms with Gasteiger partial charge in [-0.15, -0.1) is 0 Å². The largest absolute Gasteiger partial charge is 0.495 e. The zero-order valence-electron chi connectivity index (χ0n) is 17.5. The molecule has 1 heterocycles. The fourth-order valence-electron chi connectivity index (χ4n) is 3.08. The molecule has 148 valence electrons. The van der Waals surface area contributed by atoms with E-state index >= 15 is 0 Å². The van der Waals surface area contributed by atoms with Gasteiger partial charge >= 0.3 is 7.12 Å². The van der Waals surface area contributed by atoms with Crippen molar-refractivity contribution in [3.63, 3.8) is 0 Å². The van der Waals surface area contributed by atoms with Crippen LogP contribution >= 0.6 is 0 Å². The molecular weight excluding hydrogens is 353 g/mol. The van der Waals surface area contributed by atoms with Gasteiger partial charge in [0.2, 0.25) is 0 Å². The van der Waals surface area contributed by atoms with Gasteiger partial charge in [0, 0.05) is 11.3 Å². The Labute approximate surface area is 167 Å². The first-order valence-electron chi connectivity index (χ1n) is 9.64. The number of nitrogens with one attached hydrogen (secondary N) is 1. The quantitative estimate of drug-likeness (QED) is 0.797. The fourth-order valence-corrected chi connectivity index (χ4v) is 3.08. The molecule has 0 bridgehead atoms. The van der Waals surface area contributed by atoms with Crippen LogP contribution < -0.4 is 15.5 Å². The van der Waals surface area contributed by atoms with Gasteiger partial charge < -0.3 is 19.4 Å². The van der Waals surface area contributed by atoms with Crippen molar-refractivity contribution in [1.82, 2.24) is 0 Å². The molecule has 0 saturated carbocycles. The first-order chi connectivity index (χ1) is 13.1. The molecule has 1 aliphatic rings. The van der Waals surface area contributed by atoms with Gasteiger partial charge in [-0.25, -0.2) is 0 Å². The van der Waals surface area contributed by atoms with Gasteiger partial charge in [-0.1, -0.05) is 12.1 Å². The van der Waals surface area contributed by atoms with E-state index in [-0.39, 0.29) is 5.91 Å². The molecule has 5 nitrogen and oxygen atoms in total. The van der Waals surface area contributed by atoms with Gasteiger partial charge in [-0.2, -0.15) is 0 Å². The summed E-state index contributed by atoms with van der Waals surface area (Å²) < 4.78 is 17.8. The summed E-state index contributed by atoms with van der Waals surface area (Å²) >= 11 is 0. The Bertz CT molecular complexity index is 845. The molecule has 1 fully saturated rings. The Morgan fingerprint density at radius 1 is 1.04 bits per heavy atom. The molecule has 1 N–H and O–H groups in total. The minimum absolute atomic E-state index is 0.169. The van der Waals surface area contributed by atoms with Crippen LogP contribution in [0.25, 0.3) is 0 Å². The average Bonchev–Trinajstić information content (AvgIpc) is 2.85. The number of benzene rings is 2. The molecule has 2 aromatic rings. The van der Waals surface area contributed by atoms with Crippen LogP contribution in [-0.2, 0) is 9.31 Å². The number of rotatable bonds is 5. The normalized spacial score (nSPS) is 17.4. The Hall–Kier alpha value is -2.31. The Morgan fingerprint density at radius 2 is 1.64 bits per heavy atom. The molecule has 28 heavy (non-hydrogen) atoms. The van der Waals surface area contributed by atoms with E-state index in [0.717, 1.165) is 22.5 Å². The zero-order valence-corrected chi connectivity index (χ0v) is 17.5. The van der Waals surface area contributed by atoms with Crippen LogP contribution in [0.5, 0.6) is 5.75 Å². The first kappa shape index (κ1) is 20.4. The van der Waals surface area contributed by atoms with Crippen LogP contribution in [0.15, 0.2) is 42.5 Å². The highest BCUT2D eigenvalue weighted by Gasteiger charge is 2.52. The topological polar surface area (TPSA) is 56.8 Å². The van der Waals surface area contributed by atoms with E-state index < -0.39 is 18.3 Å². The summed E-state index contributed by atoms with van der Waals surface area (Å²) in [5.41, 5.74) is 2.34. The number of ether oxygens (including phenoxy) is 1. The van der Waals surface area contributed by atoms with Gasteiger partial charge in [-0.3, -0.25) is 4.79 Å². The molecule has 0 spiro atoms. The standard InChI is InChI=1S/C22H28BNO4/c1-7-26-17-13-11-16(12-14-17)20(25)24-19-10-8-9-18(15(19)2)23-27-21(3,4)22(5,6)28-23/h8-14H,7H2,1-6H3,(H,24,25). The third-order valence-corrected chi connectivity index (χ3v) is 5.56. The lowest BCUT2D eigenvalue weighted by Gasteiger charge is -2.32. The summed E-state index contributed by atoms with van der Waals surface area (Å²) in [6, 6.07) is 12.9. The second kappa shape index (κ2) is 7.61. The van der Waals surface area contributed by atoms with E-state index in [9.17, 15) is 4.79 Å². The van der Waals surface area contributed by atoms with Gasteiger partial charge in [-0.05, 0) is 82.9 Å². The van der Waals surface area contributed by atoms with E-state index in [1.807, 2.05) is 59.7 Å². The smallest absolute Gasteiger partial charge is 0.494 e. The molecule has 0 aliphatic carbocycles. The summed E-state index contributed by atoms with van der Waals surface area (Å²) in [5.74, 6) is 0.579. The summed E-state index contributed by atoms with van der Waals surface area (Å²) in [4.78, 5) is 12.7. The van der Waals surface area contributed by atoms with Crippen molar-refractivity contribution in [1.29, 1.82) is 0 Å². The fraction of sp³-hybridized carbons (Fsp3) is 0.409. The van der Waals surface area contributed by atoms with Gasteiger partial charge in [0.05, 0.1) is 17.8 Å². The number of carbonyl (C=O) groups excluding carboxylic acids is 1. The molecule has 3 rings (SSSR count). The maximum Gasteiger partial charge on any atom is 0.495 e. The van der Waals surface area contributed by atoms with Crippen molar-refractivity contribution in [3.05, 3.63) is 53.6 Å². The van der Waals surface area contributed by atoms with E-state index in [4.69, 9.17) is 14.0 Å². The predicted molar refractivity (Wildman–Crippen MR) is 112 cm³/mol. The highest BCUT2D eigenvalue weighted by molar-refractivity contribution is 6.62. The molecule has 0 unspecified atom stereocenters. The van der Waals surface area contributed by atoms with Crippen molar-refractivity contribution < 1.29 is 18.8 Å². The summed E-state index contributed by atoms with van der Waals surface area (Å²) in [7, 11) is -0.465. The molecule has 0 atom stereocenters. The van der Waals surface area contributed by atoms with Crippen LogP contribution in [-0.4, -0.2) is 30.8 Å². The maximum atomic E-state index is 12.7. The van der Waals surface area contributed by atoms with Crippen molar-refractivity contribution >= 4 is 24.2 Å². The van der Waals surface area contributed by atoms with E-state index in [1.165, 1.54) is 0 Å². The molecular formula is C22H28BNO4. The van der Waals surface area contributed by atoms with Crippen LogP contribution in [0.1, 0.15) is 50.5 Å². The third-order valence-electron chi connectivity index (χ3n) is 5.56. The van der Waals surface area contributed by atoms with Crippen LogP contribution in [0, 0.1) is 6.92 Å². The van der Waals surface area contributed by atoms with Crippen molar-refractivity contribution in [2.45, 2.75) is 52.7 Å². The van der Waals surface area contributed by atoms with Crippen molar-refractivity contribution in [3.8, 4) is 5.75 Å². The van der Waals surface area contributed by atoms with E-state index in [1.54, 1.807) is 24.3 Å². The molecule has 1 amide bonds. The highest BCUT2D eigenvalue weighted by atomic mass is 16.7. The monoisotopic (exact) mass is 381 g/mol. The van der Waals surface area contributed by atoms with Crippen LogP contribution in [0.4, 0.5) is 5.69 Å². The summed E-state index contributed by atoms with van der Waals surface area (Å²) in [6.45, 7) is 12.6. The highest BCUT2D eigenvalue weighted by Crippen LogP contribution is 2.37. The Balaban J connectivity index is 1.79. The zero-order chi connectivity index (χ0) is 20.5. The first-order valence-corrected chi connectivity index (χ1v) is 9.64. The third kappa shape index (κ3) is 3.93. The van der Waals surface area contributed by atoms with Crippen LogP contribution in [0.3, 0.4) is 0 Å². The molecule has 0 aromatic heterocycles. The predicted octanol–water partition coefficient (Wildman–Crippen LogP) is 3.95. The van der Waals surface area contributed by atoms with Gasteiger partial charge in [0.15, 0.2) is 0 Å². The molecule has 1 saturated heterocycles. The minimum Gasteiger partial charge on any atom is -0.494 e. The Kier molecular flexibility index (Phi) is 5.55. The van der Waals surface area contributed by atoms with Crippen LogP contribution in [0.2, 0.25) is 0 Å². The lowest BCUT2D eigenvalue weighted by Crippen LogP contribution is -2.41. The summed E-state index contributed by atoms with van der Waals surface area (Å²) in [6.07, 6.45) is 0. The second-order valence-electron chi connectivity index (χ2n) is 8.02. The summed E-state index contributed by atoms with van der Waals surface area (Å²) in [5, 5.41) is 2.99. The number of carbonyl (C=O) groups is 1. The lowest BCUT2D eigenvalue weighted by molar-refractivity contribution is 0.00578. The van der Waals surface area contributed by atoms with Crippen molar-refractivity contribution in [2.24, 2.45) is 0 Å². The lowest BCUT2D eigenvalue weighted by atomic mass is 9.76.